The minimum absolute atomic E-state index is 0. The molecule has 34 valence electrons. The first kappa shape index (κ1) is 9.58. The smallest absolute Gasteiger partial charge is 0.301 e. The summed E-state index contributed by atoms with van der Waals surface area (Å²) in [5.74, 6) is -0.690. The van der Waals surface area contributed by atoms with E-state index in [1.807, 2.05) is 0 Å². The minimum atomic E-state index is -0.690. The quantitative estimate of drug-likeness (QED) is 0.409. The maximum Gasteiger partial charge on any atom is 0.339 e. The number of hydrogen-bond acceptors (Lipinski definition) is 3. The maximum atomic E-state index is 9.34. The van der Waals surface area contributed by atoms with Gasteiger partial charge in [-0.15, -0.1) is 0 Å². The molecule has 0 aliphatic carbocycles. The fourth-order valence-electron chi connectivity index (χ4n) is 0. The Morgan fingerprint density at radius 1 is 1.83 bits per heavy atom. The predicted molar refractivity (Wildman–Crippen MR) is 14.4 cm³/mol. The third-order valence-electron chi connectivity index (χ3n) is 0.129. The molecule has 4 heteroatoms. The first-order valence-electron chi connectivity index (χ1n) is 1.09. The largest absolute Gasteiger partial charge is 0.339 e. The average molecular weight is 167 g/mol. The van der Waals surface area contributed by atoms with Crippen LogP contribution in [0.2, 0.25) is 0 Å². The number of rotatable bonds is 0. The van der Waals surface area contributed by atoms with Gasteiger partial charge in [0.25, 0.3) is 0 Å². The van der Waals surface area contributed by atoms with Crippen LogP contribution in [0.1, 0.15) is 6.92 Å². The first-order valence-corrected chi connectivity index (χ1v) is 1.09. The minimum Gasteiger partial charge on any atom is -0.301 e. The van der Waals surface area contributed by atoms with Crippen LogP contribution in [0.25, 0.3) is 0 Å². The maximum absolute atomic E-state index is 9.34. The van der Waals surface area contributed by atoms with E-state index in [-0.39, 0.29) is 26.2 Å². The van der Waals surface area contributed by atoms with E-state index in [2.05, 4.69) is 4.89 Å². The summed E-state index contributed by atoms with van der Waals surface area (Å²) in [4.78, 5) is 12.5. The van der Waals surface area contributed by atoms with Gasteiger partial charge in [-0.2, -0.15) is 5.26 Å². The Morgan fingerprint density at radius 3 is 2.00 bits per heavy atom. The molecule has 0 fully saturated rings. The monoisotopic (exact) mass is 166 g/mol. The molecule has 0 aliphatic rings. The standard InChI is InChI=1S/C2H4O3.Zr/c1-2(3)5-4;/h4H,1H3;. The van der Waals surface area contributed by atoms with E-state index >= 15 is 0 Å². The predicted octanol–water partition coefficient (Wildman–Crippen LogP) is 0.0200. The van der Waals surface area contributed by atoms with Gasteiger partial charge in [0, 0.05) is 33.1 Å². The molecule has 0 aromatic rings. The molecule has 0 unspecified atom stereocenters. The molecule has 0 atom stereocenters. The van der Waals surface area contributed by atoms with Gasteiger partial charge >= 0.3 is 5.97 Å². The van der Waals surface area contributed by atoms with Crippen molar-refractivity contribution in [1.82, 2.24) is 0 Å². The van der Waals surface area contributed by atoms with Crippen molar-refractivity contribution in [3.05, 3.63) is 0 Å². The van der Waals surface area contributed by atoms with Crippen molar-refractivity contribution in [2.45, 2.75) is 6.92 Å². The molecule has 0 aromatic carbocycles. The van der Waals surface area contributed by atoms with Gasteiger partial charge in [0.2, 0.25) is 0 Å². The van der Waals surface area contributed by atoms with E-state index in [0.29, 0.717) is 0 Å². The van der Waals surface area contributed by atoms with Crippen molar-refractivity contribution in [1.29, 1.82) is 0 Å². The Morgan fingerprint density at radius 2 is 2.00 bits per heavy atom. The zero-order valence-electron chi connectivity index (χ0n) is 3.26. The van der Waals surface area contributed by atoms with Gasteiger partial charge in [-0.25, -0.2) is 4.79 Å². The van der Waals surface area contributed by atoms with Crippen molar-refractivity contribution in [2.24, 2.45) is 0 Å². The van der Waals surface area contributed by atoms with Gasteiger partial charge in [0.05, 0.1) is 0 Å². The van der Waals surface area contributed by atoms with Crippen LogP contribution in [0.4, 0.5) is 0 Å². The van der Waals surface area contributed by atoms with Crippen LogP contribution in [0.5, 0.6) is 0 Å². The zero-order chi connectivity index (χ0) is 4.28. The molecule has 0 saturated heterocycles. The Labute approximate surface area is 54.4 Å². The molecular weight excluding hydrogens is 163 g/mol. The van der Waals surface area contributed by atoms with E-state index in [1.54, 1.807) is 0 Å². The van der Waals surface area contributed by atoms with Crippen LogP contribution in [0.15, 0.2) is 0 Å². The summed E-state index contributed by atoms with van der Waals surface area (Å²) in [5, 5.41) is 7.29. The van der Waals surface area contributed by atoms with Gasteiger partial charge < -0.3 is 4.89 Å². The van der Waals surface area contributed by atoms with Gasteiger partial charge in [-0.1, -0.05) is 0 Å². The molecule has 0 radical (unpaired) electrons. The van der Waals surface area contributed by atoms with Gasteiger partial charge in [0.15, 0.2) is 0 Å². The van der Waals surface area contributed by atoms with E-state index < -0.39 is 5.97 Å². The molecule has 0 saturated carbocycles. The van der Waals surface area contributed by atoms with E-state index in [0.717, 1.165) is 6.92 Å². The molecule has 1 N–H and O–H groups in total. The summed E-state index contributed by atoms with van der Waals surface area (Å²) in [6, 6.07) is 0. The summed E-state index contributed by atoms with van der Waals surface area (Å²) in [7, 11) is 0. The second-order valence-electron chi connectivity index (χ2n) is 0.583. The van der Waals surface area contributed by atoms with Crippen molar-refractivity contribution >= 4 is 5.97 Å². The third-order valence-corrected chi connectivity index (χ3v) is 0.129. The molecule has 0 spiro atoms. The van der Waals surface area contributed by atoms with E-state index in [1.165, 1.54) is 0 Å². The van der Waals surface area contributed by atoms with Crippen LogP contribution in [-0.4, -0.2) is 11.2 Å². The molecule has 6 heavy (non-hydrogen) atoms. The average Bonchev–Trinajstić information content (AvgIpc) is 1.38. The van der Waals surface area contributed by atoms with Gasteiger partial charge in [0.1, 0.15) is 0 Å². The van der Waals surface area contributed by atoms with E-state index in [4.69, 9.17) is 5.26 Å². The summed E-state index contributed by atoms with van der Waals surface area (Å²) >= 11 is 0. The van der Waals surface area contributed by atoms with Crippen LogP contribution in [-0.2, 0) is 35.9 Å². The fraction of sp³-hybridized carbons (Fsp3) is 0.500. The molecule has 0 heterocycles. The van der Waals surface area contributed by atoms with Gasteiger partial charge in [-0.3, -0.25) is 0 Å². The molecular formula is C2H4O3Zr. The topological polar surface area (TPSA) is 46.5 Å². The van der Waals surface area contributed by atoms with Crippen LogP contribution in [0.3, 0.4) is 0 Å². The summed E-state index contributed by atoms with van der Waals surface area (Å²) in [6.07, 6.45) is 0. The molecule has 0 aliphatic heterocycles. The number of hydrogen-bond donors (Lipinski definition) is 1. The SMILES string of the molecule is CC(=O)OO.[Zr]. The Balaban J connectivity index is 0. The zero-order valence-corrected chi connectivity index (χ0v) is 5.72. The first-order chi connectivity index (χ1) is 2.27. The summed E-state index contributed by atoms with van der Waals surface area (Å²) in [5.41, 5.74) is 0. The van der Waals surface area contributed by atoms with Crippen molar-refractivity contribution in [2.75, 3.05) is 0 Å². The fourth-order valence-corrected chi connectivity index (χ4v) is 0. The normalized spacial score (nSPS) is 5.67. The molecule has 3 nitrogen and oxygen atoms in total. The number of carbonyl (C=O) groups excluding carboxylic acids is 1. The Hall–Kier alpha value is 0.313. The van der Waals surface area contributed by atoms with Crippen molar-refractivity contribution < 1.29 is 41.1 Å². The second kappa shape index (κ2) is 5.31. The third kappa shape index (κ3) is 8.85. The Bertz CT molecular complexity index is 44.1. The van der Waals surface area contributed by atoms with Crippen LogP contribution >= 0.6 is 0 Å². The molecule has 0 aromatic heterocycles. The Kier molecular flexibility index (Phi) is 8.48. The summed E-state index contributed by atoms with van der Waals surface area (Å²) < 4.78 is 0. The second-order valence-corrected chi connectivity index (χ2v) is 0.583. The van der Waals surface area contributed by atoms with Crippen molar-refractivity contribution in [3.8, 4) is 0 Å². The molecule has 0 bridgehead atoms. The summed E-state index contributed by atoms with van der Waals surface area (Å²) in [6.45, 7) is 1.11. The van der Waals surface area contributed by atoms with Crippen LogP contribution < -0.4 is 0 Å². The molecule has 0 rings (SSSR count). The van der Waals surface area contributed by atoms with Gasteiger partial charge in [-0.05, 0) is 0 Å². The van der Waals surface area contributed by atoms with E-state index in [9.17, 15) is 4.79 Å². The van der Waals surface area contributed by atoms with Crippen LogP contribution in [0, 0.1) is 0 Å². The molecule has 0 amide bonds. The number of carbonyl (C=O) groups is 1. The van der Waals surface area contributed by atoms with Crippen molar-refractivity contribution in [3.63, 3.8) is 0 Å².